The highest BCUT2D eigenvalue weighted by Gasteiger charge is 2.22. The van der Waals surface area contributed by atoms with Crippen molar-refractivity contribution in [1.82, 2.24) is 5.32 Å². The number of hydrogen-bond donors (Lipinski definition) is 1. The minimum atomic E-state index is 0.705. The monoisotopic (exact) mass is 189 g/mol. The van der Waals surface area contributed by atoms with E-state index in [-0.39, 0.29) is 0 Å². The van der Waals surface area contributed by atoms with E-state index in [9.17, 15) is 0 Å². The first-order chi connectivity index (χ1) is 5.88. The molecule has 0 saturated heterocycles. The van der Waals surface area contributed by atoms with Crippen LogP contribution in [0.1, 0.15) is 39.0 Å². The number of alkyl halides is 1. The van der Waals surface area contributed by atoms with E-state index in [2.05, 4.69) is 12.2 Å². The predicted molar refractivity (Wildman–Crippen MR) is 54.8 cm³/mol. The first kappa shape index (κ1) is 10.3. The highest BCUT2D eigenvalue weighted by atomic mass is 35.5. The SMILES string of the molecule is CCCNC1CCCCC1CCl. The van der Waals surface area contributed by atoms with Crippen LogP contribution in [-0.2, 0) is 0 Å². The Balaban J connectivity index is 2.26. The zero-order chi connectivity index (χ0) is 8.81. The minimum absolute atomic E-state index is 0.705. The molecule has 0 aromatic rings. The van der Waals surface area contributed by atoms with Gasteiger partial charge in [-0.2, -0.15) is 0 Å². The predicted octanol–water partition coefficient (Wildman–Crippen LogP) is 2.78. The molecule has 1 N–H and O–H groups in total. The molecular weight excluding hydrogens is 170 g/mol. The van der Waals surface area contributed by atoms with Gasteiger partial charge in [-0.15, -0.1) is 11.6 Å². The van der Waals surface area contributed by atoms with Crippen LogP contribution in [0.25, 0.3) is 0 Å². The molecule has 1 aliphatic rings. The Labute approximate surface area is 80.9 Å². The Morgan fingerprint density at radius 1 is 1.33 bits per heavy atom. The van der Waals surface area contributed by atoms with E-state index in [0.717, 1.165) is 18.3 Å². The molecule has 0 amide bonds. The maximum atomic E-state index is 5.91. The average Bonchev–Trinajstić information content (AvgIpc) is 2.15. The number of rotatable bonds is 4. The number of halogens is 1. The Kier molecular flexibility index (Phi) is 5.01. The molecule has 0 heterocycles. The molecule has 2 atom stereocenters. The van der Waals surface area contributed by atoms with Gasteiger partial charge in [0.05, 0.1) is 0 Å². The van der Waals surface area contributed by atoms with Gasteiger partial charge in [0, 0.05) is 11.9 Å². The van der Waals surface area contributed by atoms with Gasteiger partial charge in [-0.05, 0) is 31.7 Å². The normalized spacial score (nSPS) is 30.5. The molecule has 0 aliphatic heterocycles. The van der Waals surface area contributed by atoms with Crippen LogP contribution in [-0.4, -0.2) is 18.5 Å². The van der Waals surface area contributed by atoms with Crippen molar-refractivity contribution in [3.63, 3.8) is 0 Å². The average molecular weight is 190 g/mol. The van der Waals surface area contributed by atoms with Crippen molar-refractivity contribution in [3.8, 4) is 0 Å². The lowest BCUT2D eigenvalue weighted by Gasteiger charge is -2.30. The third-order valence-corrected chi connectivity index (χ3v) is 3.16. The lowest BCUT2D eigenvalue weighted by atomic mass is 9.86. The first-order valence-electron chi connectivity index (χ1n) is 5.17. The molecule has 1 nitrogen and oxygen atoms in total. The lowest BCUT2D eigenvalue weighted by Crippen LogP contribution is -2.39. The summed E-state index contributed by atoms with van der Waals surface area (Å²) in [6, 6.07) is 0.705. The van der Waals surface area contributed by atoms with Crippen LogP contribution in [0.4, 0.5) is 0 Å². The summed E-state index contributed by atoms with van der Waals surface area (Å²) in [6.45, 7) is 3.36. The molecule has 72 valence electrons. The fraction of sp³-hybridized carbons (Fsp3) is 1.00. The molecule has 0 bridgehead atoms. The van der Waals surface area contributed by atoms with Gasteiger partial charge in [0.1, 0.15) is 0 Å². The van der Waals surface area contributed by atoms with E-state index < -0.39 is 0 Å². The lowest BCUT2D eigenvalue weighted by molar-refractivity contribution is 0.284. The molecule has 1 fully saturated rings. The fourth-order valence-electron chi connectivity index (χ4n) is 1.99. The second kappa shape index (κ2) is 5.82. The highest BCUT2D eigenvalue weighted by Crippen LogP contribution is 2.25. The van der Waals surface area contributed by atoms with Crippen LogP contribution in [0.3, 0.4) is 0 Å². The van der Waals surface area contributed by atoms with Gasteiger partial charge in [0.15, 0.2) is 0 Å². The third kappa shape index (κ3) is 2.95. The van der Waals surface area contributed by atoms with Gasteiger partial charge in [0.2, 0.25) is 0 Å². The standard InChI is InChI=1S/C10H20ClN/c1-2-7-12-10-6-4-3-5-9(10)8-11/h9-10,12H,2-8H2,1H3. The van der Waals surface area contributed by atoms with Gasteiger partial charge < -0.3 is 5.32 Å². The summed E-state index contributed by atoms with van der Waals surface area (Å²) >= 11 is 5.91. The van der Waals surface area contributed by atoms with Crippen LogP contribution < -0.4 is 5.32 Å². The van der Waals surface area contributed by atoms with E-state index in [1.165, 1.54) is 32.1 Å². The zero-order valence-corrected chi connectivity index (χ0v) is 8.74. The summed E-state index contributed by atoms with van der Waals surface area (Å²) in [5.41, 5.74) is 0. The molecule has 0 radical (unpaired) electrons. The molecule has 0 aromatic carbocycles. The number of nitrogens with one attached hydrogen (secondary N) is 1. The smallest absolute Gasteiger partial charge is 0.0266 e. The van der Waals surface area contributed by atoms with Gasteiger partial charge in [-0.3, -0.25) is 0 Å². The van der Waals surface area contributed by atoms with E-state index in [0.29, 0.717) is 6.04 Å². The molecule has 0 aromatic heterocycles. The maximum Gasteiger partial charge on any atom is 0.0266 e. The van der Waals surface area contributed by atoms with Crippen LogP contribution in [0.2, 0.25) is 0 Å². The molecule has 12 heavy (non-hydrogen) atoms. The second-order valence-corrected chi connectivity index (χ2v) is 4.07. The molecule has 1 rings (SSSR count). The van der Waals surface area contributed by atoms with Gasteiger partial charge in [-0.25, -0.2) is 0 Å². The van der Waals surface area contributed by atoms with E-state index in [1.807, 2.05) is 0 Å². The van der Waals surface area contributed by atoms with Crippen molar-refractivity contribution in [1.29, 1.82) is 0 Å². The Morgan fingerprint density at radius 3 is 2.75 bits per heavy atom. The summed E-state index contributed by atoms with van der Waals surface area (Å²) < 4.78 is 0. The molecule has 1 saturated carbocycles. The van der Waals surface area contributed by atoms with E-state index >= 15 is 0 Å². The summed E-state index contributed by atoms with van der Waals surface area (Å²) in [5.74, 6) is 1.56. The van der Waals surface area contributed by atoms with Crippen LogP contribution >= 0.6 is 11.6 Å². The zero-order valence-electron chi connectivity index (χ0n) is 7.98. The van der Waals surface area contributed by atoms with E-state index in [1.54, 1.807) is 0 Å². The van der Waals surface area contributed by atoms with Crippen molar-refractivity contribution in [3.05, 3.63) is 0 Å². The highest BCUT2D eigenvalue weighted by molar-refractivity contribution is 6.18. The minimum Gasteiger partial charge on any atom is -0.314 e. The van der Waals surface area contributed by atoms with Crippen molar-refractivity contribution >= 4 is 11.6 Å². The second-order valence-electron chi connectivity index (χ2n) is 3.76. The van der Waals surface area contributed by atoms with Crippen LogP contribution in [0, 0.1) is 5.92 Å². The Hall–Kier alpha value is 0.250. The molecule has 1 aliphatic carbocycles. The Morgan fingerprint density at radius 2 is 2.08 bits per heavy atom. The van der Waals surface area contributed by atoms with Crippen molar-refractivity contribution in [2.45, 2.75) is 45.1 Å². The molecular formula is C10H20ClN. The first-order valence-corrected chi connectivity index (χ1v) is 5.71. The molecule has 2 unspecified atom stereocenters. The van der Waals surface area contributed by atoms with E-state index in [4.69, 9.17) is 11.6 Å². The van der Waals surface area contributed by atoms with Crippen LogP contribution in [0.5, 0.6) is 0 Å². The summed E-state index contributed by atoms with van der Waals surface area (Å²) in [5, 5.41) is 3.59. The fourth-order valence-corrected chi connectivity index (χ4v) is 2.36. The Bertz CT molecular complexity index is 116. The summed E-state index contributed by atoms with van der Waals surface area (Å²) in [7, 11) is 0. The summed E-state index contributed by atoms with van der Waals surface area (Å²) in [4.78, 5) is 0. The number of hydrogen-bond acceptors (Lipinski definition) is 1. The van der Waals surface area contributed by atoms with Crippen molar-refractivity contribution in [2.75, 3.05) is 12.4 Å². The topological polar surface area (TPSA) is 12.0 Å². The van der Waals surface area contributed by atoms with Crippen molar-refractivity contribution < 1.29 is 0 Å². The third-order valence-electron chi connectivity index (χ3n) is 2.76. The quantitative estimate of drug-likeness (QED) is 0.671. The molecule has 2 heteroatoms. The largest absolute Gasteiger partial charge is 0.314 e. The maximum absolute atomic E-state index is 5.91. The molecule has 0 spiro atoms. The van der Waals surface area contributed by atoms with Gasteiger partial charge >= 0.3 is 0 Å². The van der Waals surface area contributed by atoms with Gasteiger partial charge in [-0.1, -0.05) is 19.8 Å². The summed E-state index contributed by atoms with van der Waals surface area (Å²) in [6.07, 6.45) is 6.64. The van der Waals surface area contributed by atoms with Gasteiger partial charge in [0.25, 0.3) is 0 Å². The van der Waals surface area contributed by atoms with Crippen molar-refractivity contribution in [2.24, 2.45) is 5.92 Å². The van der Waals surface area contributed by atoms with Crippen LogP contribution in [0.15, 0.2) is 0 Å².